The van der Waals surface area contributed by atoms with Gasteiger partial charge in [-0.15, -0.1) is 0 Å². The maximum atomic E-state index is 13.6. The normalized spacial score (nSPS) is 20.7. The van der Waals surface area contributed by atoms with Gasteiger partial charge in [-0.1, -0.05) is 18.2 Å². The summed E-state index contributed by atoms with van der Waals surface area (Å²) in [5, 5.41) is 3.40. The molecule has 3 heterocycles. The van der Waals surface area contributed by atoms with Gasteiger partial charge in [0.25, 0.3) is 5.56 Å². The summed E-state index contributed by atoms with van der Waals surface area (Å²) in [5.41, 5.74) is 1.87. The first kappa shape index (κ1) is 19.9. The van der Waals surface area contributed by atoms with E-state index in [-0.39, 0.29) is 17.4 Å². The maximum Gasteiger partial charge on any atom is 0.253 e. The smallest absolute Gasteiger partial charge is 0.253 e. The molecule has 7 heteroatoms. The zero-order valence-corrected chi connectivity index (χ0v) is 17.0. The quantitative estimate of drug-likeness (QED) is 0.672. The Morgan fingerprint density at radius 3 is 2.47 bits per heavy atom. The molecule has 30 heavy (non-hydrogen) atoms. The first-order valence-corrected chi connectivity index (χ1v) is 9.81. The SMILES string of the molecule is CCn1cc(C2=N[C@@](c3ccc(F)cc3)(c3ccc(F)nc3)[C@H](C)N2)cc(C)c1=O. The minimum atomic E-state index is -0.926. The first-order valence-electron chi connectivity index (χ1n) is 9.81. The molecule has 4 rings (SSSR count). The van der Waals surface area contributed by atoms with E-state index in [4.69, 9.17) is 4.99 Å². The van der Waals surface area contributed by atoms with Crippen molar-refractivity contribution in [1.82, 2.24) is 14.9 Å². The molecule has 0 amide bonds. The van der Waals surface area contributed by atoms with Gasteiger partial charge in [-0.25, -0.2) is 14.4 Å². The lowest BCUT2D eigenvalue weighted by Gasteiger charge is -2.31. The molecule has 154 valence electrons. The fraction of sp³-hybridized carbons (Fsp3) is 0.261. The van der Waals surface area contributed by atoms with Crippen LogP contribution in [0.15, 0.2) is 64.6 Å². The van der Waals surface area contributed by atoms with E-state index in [1.54, 1.807) is 42.0 Å². The third kappa shape index (κ3) is 3.20. The van der Waals surface area contributed by atoms with Gasteiger partial charge in [-0.2, -0.15) is 4.39 Å². The van der Waals surface area contributed by atoms with Gasteiger partial charge in [0, 0.05) is 35.6 Å². The number of rotatable bonds is 4. The van der Waals surface area contributed by atoms with Gasteiger partial charge in [0.1, 0.15) is 17.2 Å². The molecule has 1 aliphatic heterocycles. The van der Waals surface area contributed by atoms with Crippen LogP contribution in [0.5, 0.6) is 0 Å². The van der Waals surface area contributed by atoms with Gasteiger partial charge < -0.3 is 9.88 Å². The predicted molar refractivity (Wildman–Crippen MR) is 112 cm³/mol. The van der Waals surface area contributed by atoms with E-state index in [2.05, 4.69) is 10.3 Å². The Balaban J connectivity index is 1.93. The van der Waals surface area contributed by atoms with Crippen LogP contribution in [0.2, 0.25) is 0 Å². The molecule has 1 aromatic carbocycles. The number of halogens is 2. The van der Waals surface area contributed by atoms with Crippen molar-refractivity contribution in [3.8, 4) is 0 Å². The van der Waals surface area contributed by atoms with Crippen LogP contribution in [0.1, 0.15) is 36.1 Å². The molecule has 0 fully saturated rings. The van der Waals surface area contributed by atoms with Crippen molar-refractivity contribution < 1.29 is 8.78 Å². The first-order chi connectivity index (χ1) is 14.3. The summed E-state index contributed by atoms with van der Waals surface area (Å²) in [6.07, 6.45) is 3.24. The molecule has 3 aromatic rings. The van der Waals surface area contributed by atoms with Gasteiger partial charge in [0.15, 0.2) is 0 Å². The lowest BCUT2D eigenvalue weighted by Crippen LogP contribution is -2.41. The van der Waals surface area contributed by atoms with Crippen molar-refractivity contribution in [2.24, 2.45) is 4.99 Å². The Kier molecular flexibility index (Phi) is 4.97. The monoisotopic (exact) mass is 408 g/mol. The van der Waals surface area contributed by atoms with Gasteiger partial charge in [0.2, 0.25) is 5.95 Å². The van der Waals surface area contributed by atoms with E-state index in [1.807, 2.05) is 13.8 Å². The van der Waals surface area contributed by atoms with Crippen molar-refractivity contribution in [2.45, 2.75) is 38.9 Å². The summed E-state index contributed by atoms with van der Waals surface area (Å²) in [6.45, 7) is 6.19. The van der Waals surface area contributed by atoms with Crippen LogP contribution in [-0.2, 0) is 12.1 Å². The summed E-state index contributed by atoms with van der Waals surface area (Å²) in [4.78, 5) is 21.1. The van der Waals surface area contributed by atoms with E-state index in [0.29, 0.717) is 23.5 Å². The zero-order valence-electron chi connectivity index (χ0n) is 17.0. The number of pyridine rings is 2. The van der Waals surface area contributed by atoms with Crippen molar-refractivity contribution in [2.75, 3.05) is 0 Å². The predicted octanol–water partition coefficient (Wildman–Crippen LogP) is 3.53. The molecule has 0 saturated carbocycles. The molecule has 5 nitrogen and oxygen atoms in total. The van der Waals surface area contributed by atoms with Gasteiger partial charge in [-0.3, -0.25) is 4.79 Å². The Labute approximate surface area is 173 Å². The van der Waals surface area contributed by atoms with E-state index < -0.39 is 11.5 Å². The number of aryl methyl sites for hydroxylation is 2. The molecule has 0 unspecified atom stereocenters. The van der Waals surface area contributed by atoms with Crippen molar-refractivity contribution in [3.63, 3.8) is 0 Å². The van der Waals surface area contributed by atoms with Crippen LogP contribution >= 0.6 is 0 Å². The molecule has 0 saturated heterocycles. The third-order valence-corrected chi connectivity index (χ3v) is 5.60. The number of nitrogens with zero attached hydrogens (tertiary/aromatic N) is 3. The summed E-state index contributed by atoms with van der Waals surface area (Å²) in [7, 11) is 0. The van der Waals surface area contributed by atoms with Crippen molar-refractivity contribution in [3.05, 3.63) is 99.2 Å². The number of benzene rings is 1. The van der Waals surface area contributed by atoms with Crippen LogP contribution in [0.3, 0.4) is 0 Å². The average Bonchev–Trinajstić information content (AvgIpc) is 3.09. The molecule has 0 radical (unpaired) electrons. The maximum absolute atomic E-state index is 13.6. The van der Waals surface area contributed by atoms with Crippen LogP contribution in [0.25, 0.3) is 0 Å². The number of hydrogen-bond acceptors (Lipinski definition) is 4. The van der Waals surface area contributed by atoms with Crippen molar-refractivity contribution in [1.29, 1.82) is 0 Å². The lowest BCUT2D eigenvalue weighted by molar-refractivity contribution is 0.449. The second kappa shape index (κ2) is 7.48. The molecule has 1 aliphatic rings. The molecule has 2 atom stereocenters. The minimum absolute atomic E-state index is 0.0413. The molecule has 0 spiro atoms. The number of hydrogen-bond donors (Lipinski definition) is 1. The van der Waals surface area contributed by atoms with E-state index >= 15 is 0 Å². The molecule has 2 aromatic heterocycles. The summed E-state index contributed by atoms with van der Waals surface area (Å²) >= 11 is 0. The van der Waals surface area contributed by atoms with Crippen LogP contribution in [0.4, 0.5) is 8.78 Å². The zero-order chi connectivity index (χ0) is 21.5. The summed E-state index contributed by atoms with van der Waals surface area (Å²) < 4.78 is 28.8. The van der Waals surface area contributed by atoms with Crippen LogP contribution in [0, 0.1) is 18.7 Å². The average molecular weight is 408 g/mol. The largest absolute Gasteiger partial charge is 0.364 e. The molecular formula is C23H22F2N4O. The lowest BCUT2D eigenvalue weighted by atomic mass is 9.79. The number of aliphatic imine (C=N–C) groups is 1. The molecule has 0 aliphatic carbocycles. The second-order valence-corrected chi connectivity index (χ2v) is 7.47. The van der Waals surface area contributed by atoms with Gasteiger partial charge in [-0.05, 0) is 50.6 Å². The second-order valence-electron chi connectivity index (χ2n) is 7.47. The van der Waals surface area contributed by atoms with Crippen LogP contribution in [-0.4, -0.2) is 21.4 Å². The Morgan fingerprint density at radius 2 is 1.83 bits per heavy atom. The molecule has 1 N–H and O–H groups in total. The highest BCUT2D eigenvalue weighted by Crippen LogP contribution is 2.40. The van der Waals surface area contributed by atoms with E-state index in [0.717, 1.165) is 11.1 Å². The highest BCUT2D eigenvalue weighted by atomic mass is 19.1. The third-order valence-electron chi connectivity index (χ3n) is 5.60. The Morgan fingerprint density at radius 1 is 1.13 bits per heavy atom. The number of aromatic nitrogens is 2. The number of amidine groups is 1. The van der Waals surface area contributed by atoms with Gasteiger partial charge >= 0.3 is 0 Å². The van der Waals surface area contributed by atoms with E-state index in [9.17, 15) is 13.6 Å². The highest BCUT2D eigenvalue weighted by Gasteiger charge is 2.45. The fourth-order valence-corrected chi connectivity index (χ4v) is 4.01. The minimum Gasteiger partial charge on any atom is -0.364 e. The van der Waals surface area contributed by atoms with Crippen LogP contribution < -0.4 is 10.9 Å². The standard InChI is InChI=1S/C23H22F2N4O/c1-4-29-13-16(11-14(2)22(29)30)21-27-15(3)23(28-21,17-5-8-19(24)9-6-17)18-7-10-20(25)26-12-18/h5-13,15H,4H2,1-3H3,(H,27,28)/t15-,23-/m0/s1. The summed E-state index contributed by atoms with van der Waals surface area (Å²) in [5.74, 6) is -0.317. The Bertz CT molecular complexity index is 1120. The molecule has 0 bridgehead atoms. The number of nitrogens with one attached hydrogen (secondary N) is 1. The molecular weight excluding hydrogens is 386 g/mol. The summed E-state index contributed by atoms with van der Waals surface area (Å²) in [6, 6.07) is 10.6. The van der Waals surface area contributed by atoms with Crippen molar-refractivity contribution >= 4 is 5.84 Å². The highest BCUT2D eigenvalue weighted by molar-refractivity contribution is 6.01. The Hall–Kier alpha value is -3.35. The fourth-order valence-electron chi connectivity index (χ4n) is 4.01. The van der Waals surface area contributed by atoms with Gasteiger partial charge in [0.05, 0.1) is 6.04 Å². The topological polar surface area (TPSA) is 59.3 Å². The van der Waals surface area contributed by atoms with E-state index in [1.165, 1.54) is 24.4 Å².